The van der Waals surface area contributed by atoms with E-state index in [0.29, 0.717) is 12.8 Å². The van der Waals surface area contributed by atoms with Crippen LogP contribution in [0.1, 0.15) is 25.7 Å². The van der Waals surface area contributed by atoms with Gasteiger partial charge in [-0.05, 0) is 25.7 Å². The second-order valence-electron chi connectivity index (χ2n) is 3.50. The van der Waals surface area contributed by atoms with Gasteiger partial charge in [0.15, 0.2) is 0 Å². The minimum atomic E-state index is -0.00273. The van der Waals surface area contributed by atoms with E-state index in [0.717, 1.165) is 18.4 Å². The molecule has 1 rings (SSSR count). The van der Waals surface area contributed by atoms with Crippen LogP contribution in [0.4, 0.5) is 0 Å². The average Bonchev–Trinajstić information content (AvgIpc) is 2.27. The predicted molar refractivity (Wildman–Crippen MR) is 50.9 cm³/mol. The van der Waals surface area contributed by atoms with E-state index >= 15 is 0 Å². The molecule has 0 atom stereocenters. The quantitative estimate of drug-likeness (QED) is 0.489. The Morgan fingerprint density at radius 2 is 2.07 bits per heavy atom. The number of hydrogen-bond donors (Lipinski definition) is 0. The number of hydroxylamine groups is 2. The molecule has 0 saturated heterocycles. The van der Waals surface area contributed by atoms with E-state index in [2.05, 4.69) is 0 Å². The first kappa shape index (κ1) is 11.0. The van der Waals surface area contributed by atoms with E-state index in [1.165, 1.54) is 12.2 Å². The second kappa shape index (κ2) is 4.94. The van der Waals surface area contributed by atoms with E-state index in [-0.39, 0.29) is 11.8 Å². The van der Waals surface area contributed by atoms with Crippen molar-refractivity contribution in [3.05, 3.63) is 5.57 Å². The van der Waals surface area contributed by atoms with Crippen LogP contribution in [0, 0.1) is 5.92 Å². The van der Waals surface area contributed by atoms with Gasteiger partial charge in [0.2, 0.25) is 5.91 Å². The molecule has 4 nitrogen and oxygen atoms in total. The molecule has 0 N–H and O–H groups in total. The van der Waals surface area contributed by atoms with E-state index in [1.807, 2.05) is 5.94 Å². The third-order valence-corrected chi connectivity index (χ3v) is 2.67. The predicted octanol–water partition coefficient (Wildman–Crippen LogP) is 0.954. The van der Waals surface area contributed by atoms with Gasteiger partial charge in [-0.1, -0.05) is 0 Å². The van der Waals surface area contributed by atoms with Crippen molar-refractivity contribution in [1.29, 1.82) is 0 Å². The van der Waals surface area contributed by atoms with Crippen molar-refractivity contribution in [3.63, 3.8) is 0 Å². The van der Waals surface area contributed by atoms with Crippen LogP contribution >= 0.6 is 0 Å². The Hall–Kier alpha value is -1.12. The van der Waals surface area contributed by atoms with Crippen LogP contribution in [-0.4, -0.2) is 31.1 Å². The Bertz CT molecular complexity index is 259. The summed E-state index contributed by atoms with van der Waals surface area (Å²) in [5.74, 6) is 1.91. The molecule has 1 saturated carbocycles. The maximum absolute atomic E-state index is 11.6. The summed E-state index contributed by atoms with van der Waals surface area (Å²) >= 11 is 0. The summed E-state index contributed by atoms with van der Waals surface area (Å²) in [6.45, 7) is 0. The van der Waals surface area contributed by atoms with Gasteiger partial charge in [0.25, 0.3) is 0 Å². The summed E-state index contributed by atoms with van der Waals surface area (Å²) in [5.41, 5.74) is 0.800. The molecule has 0 aliphatic heterocycles. The topological polar surface area (TPSA) is 46.6 Å². The Kier molecular flexibility index (Phi) is 3.86. The molecule has 0 bridgehead atoms. The molecule has 4 heteroatoms. The average molecular weight is 197 g/mol. The third kappa shape index (κ3) is 2.44. The van der Waals surface area contributed by atoms with Crippen LogP contribution in [0.25, 0.3) is 0 Å². The smallest absolute Gasteiger partial charge is 0.248 e. The first-order valence-electron chi connectivity index (χ1n) is 4.73. The molecular weight excluding hydrogens is 182 g/mol. The molecule has 0 aromatic heterocycles. The SMILES string of the molecule is CON(C)C(=O)C1CCC(=C=O)CC1. The highest BCUT2D eigenvalue weighted by Gasteiger charge is 2.26. The molecule has 0 heterocycles. The molecule has 1 fully saturated rings. The molecule has 0 aromatic rings. The summed E-state index contributed by atoms with van der Waals surface area (Å²) < 4.78 is 0. The Morgan fingerprint density at radius 1 is 1.50 bits per heavy atom. The van der Waals surface area contributed by atoms with Crippen molar-refractivity contribution in [2.75, 3.05) is 14.2 Å². The maximum atomic E-state index is 11.6. The minimum Gasteiger partial charge on any atom is -0.275 e. The van der Waals surface area contributed by atoms with Gasteiger partial charge in [-0.3, -0.25) is 9.63 Å². The number of hydrogen-bond acceptors (Lipinski definition) is 3. The lowest BCUT2D eigenvalue weighted by molar-refractivity contribution is -0.174. The lowest BCUT2D eigenvalue weighted by Crippen LogP contribution is -2.33. The Balaban J connectivity index is 2.49. The minimum absolute atomic E-state index is 0.00236. The molecule has 0 spiro atoms. The molecule has 1 aliphatic carbocycles. The summed E-state index contributed by atoms with van der Waals surface area (Å²) in [6.07, 6.45) is 2.85. The zero-order valence-electron chi connectivity index (χ0n) is 8.58. The van der Waals surface area contributed by atoms with Gasteiger partial charge in [-0.25, -0.2) is 9.86 Å². The fourth-order valence-electron chi connectivity index (χ4n) is 1.66. The first-order chi connectivity index (χ1) is 6.69. The van der Waals surface area contributed by atoms with Gasteiger partial charge >= 0.3 is 0 Å². The van der Waals surface area contributed by atoms with Crippen molar-refractivity contribution in [1.82, 2.24) is 5.06 Å². The largest absolute Gasteiger partial charge is 0.275 e. The van der Waals surface area contributed by atoms with Crippen LogP contribution in [0.5, 0.6) is 0 Å². The van der Waals surface area contributed by atoms with Crippen LogP contribution in [0.3, 0.4) is 0 Å². The van der Waals surface area contributed by atoms with Crippen molar-refractivity contribution >= 4 is 11.8 Å². The Labute approximate surface area is 83.5 Å². The van der Waals surface area contributed by atoms with E-state index in [4.69, 9.17) is 4.84 Å². The van der Waals surface area contributed by atoms with Gasteiger partial charge in [0, 0.05) is 18.5 Å². The van der Waals surface area contributed by atoms with Crippen molar-refractivity contribution in [2.45, 2.75) is 25.7 Å². The van der Waals surface area contributed by atoms with Crippen LogP contribution < -0.4 is 0 Å². The van der Waals surface area contributed by atoms with E-state index in [9.17, 15) is 9.59 Å². The lowest BCUT2D eigenvalue weighted by Gasteiger charge is -2.24. The van der Waals surface area contributed by atoms with Crippen molar-refractivity contribution < 1.29 is 14.4 Å². The maximum Gasteiger partial charge on any atom is 0.248 e. The fourth-order valence-corrected chi connectivity index (χ4v) is 1.66. The first-order valence-corrected chi connectivity index (χ1v) is 4.73. The molecule has 0 unspecified atom stereocenters. The monoisotopic (exact) mass is 197 g/mol. The normalized spacial score (nSPS) is 21.6. The van der Waals surface area contributed by atoms with Gasteiger partial charge in [-0.2, -0.15) is 0 Å². The van der Waals surface area contributed by atoms with Crippen LogP contribution in [0.2, 0.25) is 0 Å². The highest BCUT2D eigenvalue weighted by atomic mass is 16.7. The standard InChI is InChI=1S/C10H15NO3/c1-11(14-2)10(13)9-5-3-8(7-12)4-6-9/h9H,3-6H2,1-2H3. The molecule has 1 aliphatic rings. The zero-order valence-corrected chi connectivity index (χ0v) is 8.58. The summed E-state index contributed by atoms with van der Waals surface area (Å²) in [7, 11) is 3.07. The number of nitrogens with zero attached hydrogens (tertiary/aromatic N) is 1. The zero-order chi connectivity index (χ0) is 10.6. The molecule has 1 amide bonds. The van der Waals surface area contributed by atoms with Gasteiger partial charge < -0.3 is 0 Å². The number of rotatable bonds is 2. The highest BCUT2D eigenvalue weighted by molar-refractivity contribution is 5.78. The number of carbonyl (C=O) groups excluding carboxylic acids is 2. The van der Waals surface area contributed by atoms with Crippen molar-refractivity contribution in [3.8, 4) is 0 Å². The summed E-state index contributed by atoms with van der Waals surface area (Å²) in [6, 6.07) is 0. The number of allylic oxidation sites excluding steroid dienone is 1. The van der Waals surface area contributed by atoms with Crippen LogP contribution in [-0.2, 0) is 14.4 Å². The van der Waals surface area contributed by atoms with E-state index in [1.54, 1.807) is 7.05 Å². The molecule has 0 radical (unpaired) electrons. The Morgan fingerprint density at radius 3 is 2.50 bits per heavy atom. The summed E-state index contributed by atoms with van der Waals surface area (Å²) in [5, 5.41) is 1.25. The third-order valence-electron chi connectivity index (χ3n) is 2.67. The van der Waals surface area contributed by atoms with Crippen molar-refractivity contribution in [2.24, 2.45) is 5.92 Å². The molecule has 78 valence electrons. The summed E-state index contributed by atoms with van der Waals surface area (Å²) in [4.78, 5) is 26.8. The molecule has 0 aromatic carbocycles. The number of amides is 1. The van der Waals surface area contributed by atoms with Gasteiger partial charge in [0.05, 0.1) is 7.11 Å². The fraction of sp³-hybridized carbons (Fsp3) is 0.700. The second-order valence-corrected chi connectivity index (χ2v) is 3.50. The van der Waals surface area contributed by atoms with Crippen LogP contribution in [0.15, 0.2) is 5.57 Å². The van der Waals surface area contributed by atoms with Gasteiger partial charge in [0.1, 0.15) is 5.94 Å². The molecular formula is C10H15NO3. The van der Waals surface area contributed by atoms with E-state index < -0.39 is 0 Å². The number of carbonyl (C=O) groups is 1. The molecule has 14 heavy (non-hydrogen) atoms. The van der Waals surface area contributed by atoms with Gasteiger partial charge in [-0.15, -0.1) is 0 Å². The lowest BCUT2D eigenvalue weighted by atomic mass is 9.86. The highest BCUT2D eigenvalue weighted by Crippen LogP contribution is 2.27.